The summed E-state index contributed by atoms with van der Waals surface area (Å²) in [4.78, 5) is 18.3. The zero-order valence-corrected chi connectivity index (χ0v) is 18.6. The molecule has 0 bridgehead atoms. The Morgan fingerprint density at radius 2 is 1.74 bits per heavy atom. The first-order valence-corrected chi connectivity index (χ1v) is 11.9. The molecule has 3 nitrogen and oxygen atoms in total. The molecule has 1 atom stereocenters. The van der Waals surface area contributed by atoms with Gasteiger partial charge in [0.05, 0.1) is 11.1 Å². The van der Waals surface area contributed by atoms with Crippen LogP contribution in [0.3, 0.4) is 0 Å². The minimum atomic E-state index is 0.243. The number of allylic oxidation sites excluding steroid dienone is 2. The van der Waals surface area contributed by atoms with Crippen molar-refractivity contribution in [3.05, 3.63) is 24.4 Å². The first kappa shape index (κ1) is 24.0. The molecule has 0 fully saturated rings. The van der Waals surface area contributed by atoms with Crippen LogP contribution in [0.1, 0.15) is 90.9 Å². The molecule has 154 valence electrons. The lowest BCUT2D eigenvalue weighted by molar-refractivity contribution is -0.127. The minimum absolute atomic E-state index is 0.243. The maximum absolute atomic E-state index is 12.0. The van der Waals surface area contributed by atoms with E-state index in [1.165, 1.54) is 56.4 Å². The van der Waals surface area contributed by atoms with E-state index in [1.807, 2.05) is 25.0 Å². The van der Waals surface area contributed by atoms with Gasteiger partial charge in [-0.15, -0.1) is 11.8 Å². The van der Waals surface area contributed by atoms with E-state index in [2.05, 4.69) is 37.1 Å². The van der Waals surface area contributed by atoms with Crippen molar-refractivity contribution in [3.63, 3.8) is 0 Å². The van der Waals surface area contributed by atoms with Gasteiger partial charge in [0, 0.05) is 25.4 Å². The van der Waals surface area contributed by atoms with Crippen LogP contribution in [0.2, 0.25) is 0 Å². The first-order chi connectivity index (χ1) is 13.1. The van der Waals surface area contributed by atoms with Crippen LogP contribution < -0.4 is 0 Å². The lowest BCUT2D eigenvalue weighted by atomic mass is 10.1. The van der Waals surface area contributed by atoms with E-state index >= 15 is 0 Å². The largest absolute Gasteiger partial charge is 0.322 e. The number of rotatable bonds is 15. The van der Waals surface area contributed by atoms with Crippen molar-refractivity contribution in [2.24, 2.45) is 4.99 Å². The van der Waals surface area contributed by atoms with Gasteiger partial charge in [-0.1, -0.05) is 70.1 Å². The fourth-order valence-corrected chi connectivity index (χ4v) is 3.93. The van der Waals surface area contributed by atoms with E-state index in [9.17, 15) is 4.79 Å². The number of hydrogen-bond donors (Lipinski definition) is 0. The highest BCUT2D eigenvalue weighted by atomic mass is 32.2. The second-order valence-corrected chi connectivity index (χ2v) is 8.71. The molecule has 0 aliphatic carbocycles. The normalized spacial score (nSPS) is 17.1. The standard InChI is InChI=1S/C23H40N2OS/c1-4-5-16-19-25(3)23(26)18-15-13-11-9-7-6-8-10-12-14-17-22-20-27-21(2)24-22/h14,16-17,19,22H,4-13,15,18,20H2,1-3H3/b17-14+,19-16+/t22-/m1/s1. The van der Waals surface area contributed by atoms with Gasteiger partial charge < -0.3 is 4.90 Å². The summed E-state index contributed by atoms with van der Waals surface area (Å²) in [5.74, 6) is 1.37. The van der Waals surface area contributed by atoms with Gasteiger partial charge in [0.25, 0.3) is 0 Å². The summed E-state index contributed by atoms with van der Waals surface area (Å²) in [6.07, 6.45) is 22.7. The Kier molecular flexibility index (Phi) is 14.2. The summed E-state index contributed by atoms with van der Waals surface area (Å²) in [5, 5.41) is 1.23. The SMILES string of the molecule is CCC/C=C/N(C)C(=O)CCCCCCCCCC/C=C/[C@@H]1CSC(C)=N1. The molecule has 27 heavy (non-hydrogen) atoms. The molecule has 0 N–H and O–H groups in total. The lowest BCUT2D eigenvalue weighted by Gasteiger charge is -2.11. The van der Waals surface area contributed by atoms with Gasteiger partial charge in [0.15, 0.2) is 0 Å². The topological polar surface area (TPSA) is 32.7 Å². The highest BCUT2D eigenvalue weighted by Crippen LogP contribution is 2.18. The Hall–Kier alpha value is -1.03. The number of unbranched alkanes of at least 4 members (excludes halogenated alkanes) is 9. The van der Waals surface area contributed by atoms with E-state index < -0.39 is 0 Å². The average molecular weight is 393 g/mol. The van der Waals surface area contributed by atoms with Crippen molar-refractivity contribution < 1.29 is 4.79 Å². The predicted molar refractivity (Wildman–Crippen MR) is 121 cm³/mol. The van der Waals surface area contributed by atoms with E-state index in [0.717, 1.165) is 25.0 Å². The molecule has 0 aromatic rings. The van der Waals surface area contributed by atoms with Crippen LogP contribution >= 0.6 is 11.8 Å². The molecular weight excluding hydrogens is 352 g/mol. The molecule has 0 saturated carbocycles. The molecule has 1 aliphatic rings. The van der Waals surface area contributed by atoms with Crippen LogP contribution in [0.5, 0.6) is 0 Å². The van der Waals surface area contributed by atoms with Gasteiger partial charge in [0.1, 0.15) is 0 Å². The summed E-state index contributed by atoms with van der Waals surface area (Å²) in [7, 11) is 1.87. The van der Waals surface area contributed by atoms with Crippen LogP contribution in [0.4, 0.5) is 0 Å². The Bertz CT molecular complexity index is 485. The van der Waals surface area contributed by atoms with Crippen molar-refractivity contribution in [1.29, 1.82) is 0 Å². The number of hydrogen-bond acceptors (Lipinski definition) is 3. The first-order valence-electron chi connectivity index (χ1n) is 10.9. The summed E-state index contributed by atoms with van der Waals surface area (Å²) >= 11 is 1.87. The van der Waals surface area contributed by atoms with E-state index in [4.69, 9.17) is 0 Å². The van der Waals surface area contributed by atoms with E-state index in [-0.39, 0.29) is 5.91 Å². The molecule has 1 aliphatic heterocycles. The molecule has 0 aromatic carbocycles. The molecule has 4 heteroatoms. The fourth-order valence-electron chi connectivity index (χ4n) is 3.12. The maximum Gasteiger partial charge on any atom is 0.226 e. The summed E-state index contributed by atoms with van der Waals surface area (Å²) in [6.45, 7) is 4.25. The summed E-state index contributed by atoms with van der Waals surface area (Å²) in [6, 6.07) is 0.425. The van der Waals surface area contributed by atoms with Crippen molar-refractivity contribution in [3.8, 4) is 0 Å². The van der Waals surface area contributed by atoms with Crippen LogP contribution in [-0.4, -0.2) is 34.7 Å². The molecule has 1 rings (SSSR count). The highest BCUT2D eigenvalue weighted by Gasteiger charge is 2.11. The molecule has 1 heterocycles. The van der Waals surface area contributed by atoms with Gasteiger partial charge in [-0.3, -0.25) is 9.79 Å². The van der Waals surface area contributed by atoms with Crippen molar-refractivity contribution in [2.75, 3.05) is 12.8 Å². The van der Waals surface area contributed by atoms with Gasteiger partial charge in [-0.05, 0) is 32.6 Å². The van der Waals surface area contributed by atoms with E-state index in [0.29, 0.717) is 12.5 Å². The monoisotopic (exact) mass is 392 g/mol. The Balaban J connectivity index is 1.86. The second-order valence-electron chi connectivity index (χ2n) is 7.50. The zero-order chi connectivity index (χ0) is 19.7. The number of thioether (sulfide) groups is 1. The Morgan fingerprint density at radius 3 is 2.37 bits per heavy atom. The van der Waals surface area contributed by atoms with Crippen LogP contribution in [-0.2, 0) is 4.79 Å². The zero-order valence-electron chi connectivity index (χ0n) is 17.8. The fraction of sp³-hybridized carbons (Fsp3) is 0.739. The molecule has 1 amide bonds. The molecule has 0 saturated heterocycles. The minimum Gasteiger partial charge on any atom is -0.322 e. The molecule has 0 radical (unpaired) electrons. The Labute approximate surface area is 171 Å². The lowest BCUT2D eigenvalue weighted by Crippen LogP contribution is -2.20. The Morgan fingerprint density at radius 1 is 1.07 bits per heavy atom. The van der Waals surface area contributed by atoms with E-state index in [1.54, 1.807) is 4.90 Å². The maximum atomic E-state index is 12.0. The third kappa shape index (κ3) is 12.9. The highest BCUT2D eigenvalue weighted by molar-refractivity contribution is 8.14. The number of carbonyl (C=O) groups excluding carboxylic acids is 1. The quantitative estimate of drug-likeness (QED) is 0.228. The number of nitrogens with zero attached hydrogens (tertiary/aromatic N) is 2. The molecule has 0 unspecified atom stereocenters. The van der Waals surface area contributed by atoms with Crippen molar-refractivity contribution in [2.45, 2.75) is 96.9 Å². The van der Waals surface area contributed by atoms with Crippen LogP contribution in [0.15, 0.2) is 29.4 Å². The van der Waals surface area contributed by atoms with Gasteiger partial charge in [-0.25, -0.2) is 0 Å². The third-order valence-corrected chi connectivity index (χ3v) is 5.89. The smallest absolute Gasteiger partial charge is 0.226 e. The second kappa shape index (κ2) is 16.0. The predicted octanol–water partition coefficient (Wildman–Crippen LogP) is 6.75. The van der Waals surface area contributed by atoms with Gasteiger partial charge >= 0.3 is 0 Å². The van der Waals surface area contributed by atoms with Crippen molar-refractivity contribution in [1.82, 2.24) is 4.90 Å². The molecule has 0 aromatic heterocycles. The number of carbonyl (C=O) groups is 1. The average Bonchev–Trinajstić information content (AvgIpc) is 3.07. The number of amides is 1. The summed E-state index contributed by atoms with van der Waals surface area (Å²) in [5.41, 5.74) is 0. The number of aliphatic imine (C=N–C) groups is 1. The van der Waals surface area contributed by atoms with Gasteiger partial charge in [0.2, 0.25) is 5.91 Å². The van der Waals surface area contributed by atoms with Gasteiger partial charge in [-0.2, -0.15) is 0 Å². The summed E-state index contributed by atoms with van der Waals surface area (Å²) < 4.78 is 0. The molecular formula is C23H40N2OS. The molecule has 0 spiro atoms. The third-order valence-electron chi connectivity index (χ3n) is 4.86. The van der Waals surface area contributed by atoms with Crippen LogP contribution in [0, 0.1) is 0 Å². The van der Waals surface area contributed by atoms with Crippen LogP contribution in [0.25, 0.3) is 0 Å². The van der Waals surface area contributed by atoms with Crippen molar-refractivity contribution >= 4 is 22.7 Å².